The molecule has 0 aromatic heterocycles. The van der Waals surface area contributed by atoms with E-state index in [0.29, 0.717) is 11.1 Å². The van der Waals surface area contributed by atoms with E-state index in [1.54, 1.807) is 0 Å². The summed E-state index contributed by atoms with van der Waals surface area (Å²) in [4.78, 5) is 21.6. The third-order valence-electron chi connectivity index (χ3n) is 1.62. The summed E-state index contributed by atoms with van der Waals surface area (Å²) >= 11 is 5.60. The molecule has 0 saturated heterocycles. The fourth-order valence-corrected chi connectivity index (χ4v) is 1.01. The molecule has 0 aliphatic rings. The van der Waals surface area contributed by atoms with E-state index in [1.807, 2.05) is 0 Å². The van der Waals surface area contributed by atoms with Crippen molar-refractivity contribution in [1.82, 2.24) is 0 Å². The van der Waals surface area contributed by atoms with Gasteiger partial charge in [-0.05, 0) is 24.3 Å². The van der Waals surface area contributed by atoms with E-state index in [1.165, 1.54) is 24.3 Å². The van der Waals surface area contributed by atoms with Crippen LogP contribution in [0.15, 0.2) is 36.1 Å². The highest BCUT2D eigenvalue weighted by molar-refractivity contribution is 6.30. The van der Waals surface area contributed by atoms with E-state index in [4.69, 9.17) is 21.8 Å². The number of aliphatic hydroxyl groups excluding tert-OH is 1. The monoisotopic (exact) mass is 226 g/mol. The normalized spacial score (nSPS) is 11.1. The highest BCUT2D eigenvalue weighted by Gasteiger charge is 2.08. The lowest BCUT2D eigenvalue weighted by atomic mass is 10.1. The van der Waals surface area contributed by atoms with Gasteiger partial charge in [0.05, 0.1) is 0 Å². The highest BCUT2D eigenvalue weighted by atomic mass is 35.5. The Morgan fingerprint density at radius 2 is 1.67 bits per heavy atom. The van der Waals surface area contributed by atoms with Gasteiger partial charge in [0.25, 0.3) is 0 Å². The SMILES string of the molecule is O=C(O)/C(O)=C/C(=O)c1ccc(Cl)cc1. The second-order valence-corrected chi connectivity index (χ2v) is 3.14. The minimum Gasteiger partial charge on any atom is -0.502 e. The quantitative estimate of drug-likeness (QED) is 0.470. The molecule has 0 radical (unpaired) electrons. The fraction of sp³-hybridized carbons (Fsp3) is 0. The van der Waals surface area contributed by atoms with Gasteiger partial charge in [0.15, 0.2) is 5.78 Å². The second kappa shape index (κ2) is 4.61. The fourth-order valence-electron chi connectivity index (χ4n) is 0.883. The number of halogens is 1. The standard InChI is InChI=1S/C10H7ClO4/c11-7-3-1-6(2-4-7)8(12)5-9(13)10(14)15/h1-5,13H,(H,14,15)/b9-5-. The van der Waals surface area contributed by atoms with Crippen LogP contribution in [0.3, 0.4) is 0 Å². The van der Waals surface area contributed by atoms with Crippen LogP contribution in [-0.2, 0) is 4.79 Å². The van der Waals surface area contributed by atoms with E-state index in [2.05, 4.69) is 0 Å². The molecular weight excluding hydrogens is 220 g/mol. The van der Waals surface area contributed by atoms with Gasteiger partial charge in [-0.3, -0.25) is 4.79 Å². The predicted octanol–water partition coefficient (Wildman–Crippen LogP) is 2.05. The maximum Gasteiger partial charge on any atom is 0.371 e. The summed E-state index contributed by atoms with van der Waals surface area (Å²) in [5, 5.41) is 17.6. The van der Waals surface area contributed by atoms with Crippen LogP contribution < -0.4 is 0 Å². The van der Waals surface area contributed by atoms with Crippen molar-refractivity contribution in [2.24, 2.45) is 0 Å². The van der Waals surface area contributed by atoms with Crippen molar-refractivity contribution in [3.63, 3.8) is 0 Å². The van der Waals surface area contributed by atoms with Gasteiger partial charge in [0, 0.05) is 16.7 Å². The van der Waals surface area contributed by atoms with E-state index in [9.17, 15) is 9.59 Å². The average Bonchev–Trinajstić information content (AvgIpc) is 2.18. The van der Waals surface area contributed by atoms with Crippen LogP contribution in [-0.4, -0.2) is 22.0 Å². The lowest BCUT2D eigenvalue weighted by molar-refractivity contribution is -0.135. The number of carbonyl (C=O) groups is 2. The van der Waals surface area contributed by atoms with Gasteiger partial charge in [-0.25, -0.2) is 4.79 Å². The molecule has 1 rings (SSSR count). The van der Waals surface area contributed by atoms with E-state index >= 15 is 0 Å². The molecule has 0 heterocycles. The number of allylic oxidation sites excluding steroid dienone is 1. The van der Waals surface area contributed by atoms with Gasteiger partial charge < -0.3 is 10.2 Å². The lowest BCUT2D eigenvalue weighted by Gasteiger charge is -1.96. The zero-order valence-electron chi connectivity index (χ0n) is 7.48. The van der Waals surface area contributed by atoms with Gasteiger partial charge in [-0.1, -0.05) is 11.6 Å². The third-order valence-corrected chi connectivity index (χ3v) is 1.87. The summed E-state index contributed by atoms with van der Waals surface area (Å²) < 4.78 is 0. The molecule has 5 heteroatoms. The Morgan fingerprint density at radius 3 is 2.13 bits per heavy atom. The molecule has 0 amide bonds. The van der Waals surface area contributed by atoms with Crippen molar-refractivity contribution in [1.29, 1.82) is 0 Å². The van der Waals surface area contributed by atoms with Gasteiger partial charge in [0.1, 0.15) is 0 Å². The number of ketones is 1. The average molecular weight is 227 g/mol. The van der Waals surface area contributed by atoms with Crippen LogP contribution in [0, 0.1) is 0 Å². The smallest absolute Gasteiger partial charge is 0.371 e. The van der Waals surface area contributed by atoms with Crippen LogP contribution in [0.2, 0.25) is 5.02 Å². The molecular formula is C10H7ClO4. The Labute approximate surface area is 90.4 Å². The molecule has 0 fully saturated rings. The molecule has 78 valence electrons. The van der Waals surface area contributed by atoms with Crippen LogP contribution in [0.4, 0.5) is 0 Å². The zero-order valence-corrected chi connectivity index (χ0v) is 8.23. The molecule has 0 aliphatic heterocycles. The van der Waals surface area contributed by atoms with Gasteiger partial charge in [-0.15, -0.1) is 0 Å². The maximum atomic E-state index is 11.3. The van der Waals surface area contributed by atoms with Crippen LogP contribution >= 0.6 is 11.6 Å². The molecule has 0 spiro atoms. The highest BCUT2D eigenvalue weighted by Crippen LogP contribution is 2.10. The first kappa shape index (κ1) is 11.3. The van der Waals surface area contributed by atoms with E-state index in [0.717, 1.165) is 0 Å². The Balaban J connectivity index is 2.91. The second-order valence-electron chi connectivity index (χ2n) is 2.71. The molecule has 1 aromatic rings. The first-order valence-corrected chi connectivity index (χ1v) is 4.32. The summed E-state index contributed by atoms with van der Waals surface area (Å²) in [7, 11) is 0. The number of carboxylic acids is 1. The van der Waals surface area contributed by atoms with Crippen LogP contribution in [0.25, 0.3) is 0 Å². The number of aliphatic hydroxyl groups is 1. The molecule has 4 nitrogen and oxygen atoms in total. The number of carboxylic acid groups (broad SMARTS) is 1. The number of hydrogen-bond donors (Lipinski definition) is 2. The molecule has 1 aromatic carbocycles. The zero-order chi connectivity index (χ0) is 11.4. The molecule has 0 unspecified atom stereocenters. The summed E-state index contributed by atoms with van der Waals surface area (Å²) in [6, 6.07) is 5.88. The number of carbonyl (C=O) groups excluding carboxylic acids is 1. The molecule has 0 bridgehead atoms. The summed E-state index contributed by atoms with van der Waals surface area (Å²) in [6.07, 6.45) is 0.644. The molecule has 0 atom stereocenters. The van der Waals surface area contributed by atoms with Crippen molar-refractivity contribution in [3.05, 3.63) is 46.7 Å². The predicted molar refractivity (Wildman–Crippen MR) is 54.1 cm³/mol. The van der Waals surface area contributed by atoms with Crippen molar-refractivity contribution in [2.45, 2.75) is 0 Å². The Morgan fingerprint density at radius 1 is 1.13 bits per heavy atom. The van der Waals surface area contributed by atoms with Crippen molar-refractivity contribution in [2.75, 3.05) is 0 Å². The molecule has 15 heavy (non-hydrogen) atoms. The van der Waals surface area contributed by atoms with Gasteiger partial charge in [0.2, 0.25) is 5.76 Å². The first-order valence-electron chi connectivity index (χ1n) is 3.94. The Kier molecular flexibility index (Phi) is 3.46. The minimum absolute atomic E-state index is 0.257. The Hall–Kier alpha value is -1.81. The lowest BCUT2D eigenvalue weighted by Crippen LogP contribution is -2.03. The van der Waals surface area contributed by atoms with Crippen LogP contribution in [0.5, 0.6) is 0 Å². The Bertz CT molecular complexity index is 420. The van der Waals surface area contributed by atoms with Crippen molar-refractivity contribution < 1.29 is 19.8 Å². The van der Waals surface area contributed by atoms with Crippen molar-refractivity contribution >= 4 is 23.4 Å². The number of rotatable bonds is 3. The molecule has 2 N–H and O–H groups in total. The third kappa shape index (κ3) is 3.11. The number of aliphatic carboxylic acids is 1. The largest absolute Gasteiger partial charge is 0.502 e. The summed E-state index contributed by atoms with van der Waals surface area (Å²) in [6.45, 7) is 0. The first-order chi connectivity index (χ1) is 7.00. The maximum absolute atomic E-state index is 11.3. The topological polar surface area (TPSA) is 74.6 Å². The van der Waals surface area contributed by atoms with Crippen LogP contribution in [0.1, 0.15) is 10.4 Å². The molecule has 0 saturated carbocycles. The van der Waals surface area contributed by atoms with Crippen molar-refractivity contribution in [3.8, 4) is 0 Å². The van der Waals surface area contributed by atoms with Gasteiger partial charge in [-0.2, -0.15) is 0 Å². The molecule has 0 aliphatic carbocycles. The number of hydrogen-bond acceptors (Lipinski definition) is 3. The summed E-state index contributed by atoms with van der Waals surface area (Å²) in [5.41, 5.74) is 0.257. The van der Waals surface area contributed by atoms with E-state index < -0.39 is 17.5 Å². The summed E-state index contributed by atoms with van der Waals surface area (Å²) in [5.74, 6) is -3.13. The number of benzene rings is 1. The van der Waals surface area contributed by atoms with E-state index in [-0.39, 0.29) is 5.56 Å². The minimum atomic E-state index is -1.54. The van der Waals surface area contributed by atoms with Gasteiger partial charge >= 0.3 is 5.97 Å².